The number of para-hydroxylation sites is 1. The molecule has 2 aromatic rings. The van der Waals surface area contributed by atoms with E-state index in [4.69, 9.17) is 4.74 Å². The summed E-state index contributed by atoms with van der Waals surface area (Å²) in [4.78, 5) is 2.48. The summed E-state index contributed by atoms with van der Waals surface area (Å²) in [7, 11) is 0. The molecule has 3 aliphatic rings. The Morgan fingerprint density at radius 3 is 3.08 bits per heavy atom. The first kappa shape index (κ1) is 15.5. The van der Waals surface area contributed by atoms with E-state index in [1.165, 1.54) is 18.2 Å². The number of thioether (sulfide) groups is 1. The predicted molar refractivity (Wildman–Crippen MR) is 90.1 cm³/mol. The van der Waals surface area contributed by atoms with E-state index in [1.54, 1.807) is 12.1 Å². The molecule has 1 N–H and O–H groups in total. The van der Waals surface area contributed by atoms with Crippen LogP contribution in [0.5, 0.6) is 11.5 Å². The van der Waals surface area contributed by atoms with Crippen molar-refractivity contribution in [3.63, 3.8) is 0 Å². The Bertz CT molecular complexity index is 820. The second kappa shape index (κ2) is 5.60. The number of aromatic amines is 1. The maximum atomic E-state index is 13.5. The molecule has 1 aromatic heterocycles. The number of hydrogen-bond donors (Lipinski definition) is 1. The van der Waals surface area contributed by atoms with Crippen molar-refractivity contribution in [1.29, 1.82) is 0 Å². The topological polar surface area (TPSA) is 50.4 Å². The first-order valence-electron chi connectivity index (χ1n) is 8.38. The lowest BCUT2D eigenvalue weighted by Crippen LogP contribution is -2.39. The highest BCUT2D eigenvalue weighted by Crippen LogP contribution is 2.47. The van der Waals surface area contributed by atoms with Crippen LogP contribution in [0.25, 0.3) is 11.3 Å². The van der Waals surface area contributed by atoms with Crippen LogP contribution < -0.4 is 9.47 Å². The number of alkyl halides is 2. The van der Waals surface area contributed by atoms with Gasteiger partial charge in [0.05, 0.1) is 0 Å². The molecule has 8 heteroatoms. The van der Waals surface area contributed by atoms with E-state index in [0.29, 0.717) is 17.3 Å². The molecule has 132 valence electrons. The molecule has 0 amide bonds. The summed E-state index contributed by atoms with van der Waals surface area (Å²) in [5.41, 5.74) is 3.40. The van der Waals surface area contributed by atoms with Crippen molar-refractivity contribution in [2.45, 2.75) is 31.7 Å². The Hall–Kier alpha value is -1.80. The molecule has 1 saturated heterocycles. The van der Waals surface area contributed by atoms with Gasteiger partial charge < -0.3 is 9.47 Å². The zero-order valence-electron chi connectivity index (χ0n) is 13.4. The lowest BCUT2D eigenvalue weighted by molar-refractivity contribution is -0.286. The number of benzene rings is 1. The number of rotatable bonds is 2. The fraction of sp³-hybridized carbons (Fsp3) is 0.471. The summed E-state index contributed by atoms with van der Waals surface area (Å²) >= 11 is 1.99. The van der Waals surface area contributed by atoms with Crippen molar-refractivity contribution in [3.8, 4) is 22.8 Å². The quantitative estimate of drug-likeness (QED) is 0.885. The number of aromatic nitrogens is 2. The molecular formula is C17H17F2N3O2S. The third kappa shape index (κ3) is 2.58. The molecular weight excluding hydrogens is 348 g/mol. The van der Waals surface area contributed by atoms with Gasteiger partial charge in [-0.05, 0) is 24.3 Å². The highest BCUT2D eigenvalue weighted by atomic mass is 32.2. The zero-order valence-corrected chi connectivity index (χ0v) is 14.2. The molecule has 3 aliphatic heterocycles. The third-order valence-electron chi connectivity index (χ3n) is 5.07. The minimum Gasteiger partial charge on any atom is -0.395 e. The van der Waals surface area contributed by atoms with Crippen LogP contribution in [0, 0.1) is 0 Å². The van der Waals surface area contributed by atoms with Crippen molar-refractivity contribution >= 4 is 11.8 Å². The van der Waals surface area contributed by atoms with Gasteiger partial charge in [-0.15, -0.1) is 8.78 Å². The fourth-order valence-electron chi connectivity index (χ4n) is 3.82. The average Bonchev–Trinajstić information content (AvgIpc) is 3.30. The molecule has 1 atom stereocenters. The van der Waals surface area contributed by atoms with E-state index in [2.05, 4.69) is 19.8 Å². The molecule has 0 unspecified atom stereocenters. The van der Waals surface area contributed by atoms with Crippen LogP contribution in [0.2, 0.25) is 0 Å². The predicted octanol–water partition coefficient (Wildman–Crippen LogP) is 3.26. The number of nitrogens with zero attached hydrogens (tertiary/aromatic N) is 2. The minimum atomic E-state index is -3.62. The standard InChI is InChI=1S/C17H17F2N3O2S/c18-17(19)23-14-3-1-2-11(16(14)24-17)15-12-8-22(10-5-7-25-9-10)6-4-13(12)20-21-15/h1-3,10H,4-9H2,(H,20,21)/t10-/m0/s1. The normalized spacial score (nSPS) is 24.5. The van der Waals surface area contributed by atoms with Gasteiger partial charge in [0.1, 0.15) is 5.69 Å². The molecule has 4 heterocycles. The summed E-state index contributed by atoms with van der Waals surface area (Å²) in [5, 5.41) is 7.50. The number of hydrogen-bond acceptors (Lipinski definition) is 5. The summed E-state index contributed by atoms with van der Waals surface area (Å²) in [6.07, 6.45) is -1.52. The number of halogens is 2. The minimum absolute atomic E-state index is 0.0547. The largest absolute Gasteiger partial charge is 0.586 e. The van der Waals surface area contributed by atoms with E-state index in [9.17, 15) is 8.78 Å². The van der Waals surface area contributed by atoms with Crippen LogP contribution in [-0.2, 0) is 13.0 Å². The van der Waals surface area contributed by atoms with Crippen molar-refractivity contribution in [2.75, 3.05) is 18.1 Å². The molecule has 0 bridgehead atoms. The zero-order chi connectivity index (χ0) is 17.0. The molecule has 1 fully saturated rings. The molecule has 0 saturated carbocycles. The fourth-order valence-corrected chi connectivity index (χ4v) is 5.07. The highest BCUT2D eigenvalue weighted by Gasteiger charge is 2.45. The number of fused-ring (bicyclic) bond motifs is 2. The first-order valence-corrected chi connectivity index (χ1v) is 9.53. The molecule has 5 rings (SSSR count). The second-order valence-electron chi connectivity index (χ2n) is 6.57. The van der Waals surface area contributed by atoms with Crippen LogP contribution in [0.15, 0.2) is 18.2 Å². The number of H-pyrrole nitrogens is 1. The van der Waals surface area contributed by atoms with Crippen molar-refractivity contribution in [2.24, 2.45) is 0 Å². The van der Waals surface area contributed by atoms with E-state index in [-0.39, 0.29) is 11.5 Å². The molecule has 1 aromatic carbocycles. The Balaban J connectivity index is 1.52. The van der Waals surface area contributed by atoms with Gasteiger partial charge in [0.15, 0.2) is 11.5 Å². The van der Waals surface area contributed by atoms with Gasteiger partial charge in [0, 0.05) is 48.1 Å². The van der Waals surface area contributed by atoms with E-state index in [0.717, 1.165) is 36.5 Å². The van der Waals surface area contributed by atoms with Crippen LogP contribution in [0.3, 0.4) is 0 Å². The Labute approximate surface area is 147 Å². The molecule has 0 radical (unpaired) electrons. The third-order valence-corrected chi connectivity index (χ3v) is 6.21. The van der Waals surface area contributed by atoms with Gasteiger partial charge >= 0.3 is 6.29 Å². The molecule has 5 nitrogen and oxygen atoms in total. The van der Waals surface area contributed by atoms with Crippen molar-refractivity contribution in [1.82, 2.24) is 15.1 Å². The summed E-state index contributed by atoms with van der Waals surface area (Å²) in [6, 6.07) is 5.52. The maximum absolute atomic E-state index is 13.5. The van der Waals surface area contributed by atoms with Gasteiger partial charge in [-0.3, -0.25) is 10.00 Å². The smallest absolute Gasteiger partial charge is 0.395 e. The van der Waals surface area contributed by atoms with Gasteiger partial charge in [0.2, 0.25) is 0 Å². The summed E-state index contributed by atoms with van der Waals surface area (Å²) in [6.45, 7) is 1.79. The van der Waals surface area contributed by atoms with Crippen LogP contribution in [0.1, 0.15) is 17.7 Å². The number of ether oxygens (including phenoxy) is 2. The SMILES string of the molecule is FC1(F)Oc2cccc(-c3n[nH]c4c3CN([C@H]3CCSC3)CC4)c2O1. The summed E-state index contributed by atoms with van der Waals surface area (Å²) in [5.74, 6) is 2.49. The molecule has 0 aliphatic carbocycles. The Morgan fingerprint density at radius 2 is 2.24 bits per heavy atom. The number of nitrogens with one attached hydrogen (secondary N) is 1. The Kier molecular flexibility index (Phi) is 3.46. The summed E-state index contributed by atoms with van der Waals surface area (Å²) < 4.78 is 36.3. The van der Waals surface area contributed by atoms with Gasteiger partial charge in [-0.2, -0.15) is 16.9 Å². The van der Waals surface area contributed by atoms with Crippen molar-refractivity contribution < 1.29 is 18.3 Å². The average molecular weight is 365 g/mol. The van der Waals surface area contributed by atoms with Crippen molar-refractivity contribution in [3.05, 3.63) is 29.5 Å². The van der Waals surface area contributed by atoms with E-state index < -0.39 is 6.29 Å². The highest BCUT2D eigenvalue weighted by molar-refractivity contribution is 7.99. The van der Waals surface area contributed by atoms with E-state index >= 15 is 0 Å². The Morgan fingerprint density at radius 1 is 1.32 bits per heavy atom. The maximum Gasteiger partial charge on any atom is 0.586 e. The second-order valence-corrected chi connectivity index (χ2v) is 7.72. The van der Waals surface area contributed by atoms with E-state index in [1.807, 2.05) is 11.8 Å². The monoisotopic (exact) mass is 365 g/mol. The van der Waals surface area contributed by atoms with Gasteiger partial charge in [-0.25, -0.2) is 0 Å². The van der Waals surface area contributed by atoms with Crippen LogP contribution >= 0.6 is 11.8 Å². The molecule has 0 spiro atoms. The lowest BCUT2D eigenvalue weighted by Gasteiger charge is -2.32. The van der Waals surface area contributed by atoms with Crippen LogP contribution in [0.4, 0.5) is 8.78 Å². The first-order chi connectivity index (χ1) is 12.1. The lowest BCUT2D eigenvalue weighted by atomic mass is 9.99. The molecule has 25 heavy (non-hydrogen) atoms. The van der Waals surface area contributed by atoms with Crippen LogP contribution in [-0.4, -0.2) is 45.5 Å². The van der Waals surface area contributed by atoms with Gasteiger partial charge in [0.25, 0.3) is 0 Å². The van der Waals surface area contributed by atoms with Gasteiger partial charge in [-0.1, -0.05) is 6.07 Å².